The molecule has 0 aromatic carbocycles. The average Bonchev–Trinajstić information content (AvgIpc) is 2.54. The van der Waals surface area contributed by atoms with Gasteiger partial charge in [0.2, 0.25) is 0 Å². The smallest absolute Gasteiger partial charge is 0.264 e. The van der Waals surface area contributed by atoms with Gasteiger partial charge in [0, 0.05) is 23.6 Å². The lowest BCUT2D eigenvalue weighted by atomic mass is 10.2. The highest BCUT2D eigenvalue weighted by molar-refractivity contribution is 9.13. The molecule has 100 valence electrons. The first-order chi connectivity index (χ1) is 8.49. The molecule has 0 radical (unpaired) electrons. The molecule has 2 rings (SSSR count). The van der Waals surface area contributed by atoms with Crippen LogP contribution in [0.4, 0.5) is 0 Å². The fourth-order valence-corrected chi connectivity index (χ4v) is 4.26. The van der Waals surface area contributed by atoms with Gasteiger partial charge in [0.15, 0.2) is 0 Å². The number of halogens is 2. The van der Waals surface area contributed by atoms with E-state index in [1.165, 1.54) is 11.3 Å². The van der Waals surface area contributed by atoms with E-state index in [4.69, 9.17) is 0 Å². The van der Waals surface area contributed by atoms with Gasteiger partial charge in [-0.1, -0.05) is 0 Å². The molecule has 1 unspecified atom stereocenters. The topological polar surface area (TPSA) is 23.6 Å². The molecular formula is C12H16Br2N2OS. The molecule has 3 nitrogen and oxygen atoms in total. The van der Waals surface area contributed by atoms with Crippen molar-refractivity contribution in [3.05, 3.63) is 19.2 Å². The summed E-state index contributed by atoms with van der Waals surface area (Å²) in [6, 6.07) is 2.17. The molecule has 0 N–H and O–H groups in total. The van der Waals surface area contributed by atoms with Crippen molar-refractivity contribution in [3.63, 3.8) is 0 Å². The van der Waals surface area contributed by atoms with E-state index in [0.29, 0.717) is 0 Å². The molecule has 18 heavy (non-hydrogen) atoms. The van der Waals surface area contributed by atoms with Crippen LogP contribution in [0.3, 0.4) is 0 Å². The van der Waals surface area contributed by atoms with Gasteiger partial charge in [0.25, 0.3) is 5.91 Å². The summed E-state index contributed by atoms with van der Waals surface area (Å²) in [4.78, 5) is 17.6. The Morgan fingerprint density at radius 1 is 1.44 bits per heavy atom. The van der Waals surface area contributed by atoms with Crippen LogP contribution in [0.15, 0.2) is 14.3 Å². The third-order valence-electron chi connectivity index (χ3n) is 3.16. The van der Waals surface area contributed by atoms with Crippen molar-refractivity contribution in [2.75, 3.05) is 26.7 Å². The molecule has 1 aliphatic heterocycles. The fourth-order valence-electron chi connectivity index (χ4n) is 2.27. The van der Waals surface area contributed by atoms with Crippen LogP contribution >= 0.6 is 43.2 Å². The van der Waals surface area contributed by atoms with Crippen LogP contribution in [0.2, 0.25) is 0 Å². The Balaban J connectivity index is 2.17. The summed E-state index contributed by atoms with van der Waals surface area (Å²) in [5.74, 6) is 0.147. The largest absolute Gasteiger partial charge is 0.334 e. The molecule has 1 amide bonds. The lowest BCUT2D eigenvalue weighted by Crippen LogP contribution is -2.41. The zero-order valence-electron chi connectivity index (χ0n) is 10.4. The Kier molecular flexibility index (Phi) is 4.86. The van der Waals surface area contributed by atoms with Gasteiger partial charge in [0.05, 0.1) is 8.66 Å². The molecule has 1 aromatic rings. The zero-order valence-corrected chi connectivity index (χ0v) is 14.4. The van der Waals surface area contributed by atoms with Crippen molar-refractivity contribution in [2.24, 2.45) is 0 Å². The van der Waals surface area contributed by atoms with Crippen LogP contribution in [0, 0.1) is 0 Å². The van der Waals surface area contributed by atoms with Gasteiger partial charge in [-0.05, 0) is 64.9 Å². The Labute approximate surface area is 128 Å². The summed E-state index contributed by atoms with van der Waals surface area (Å²) in [5, 5.41) is 0. The number of hydrogen-bond donors (Lipinski definition) is 0. The van der Waals surface area contributed by atoms with Crippen LogP contribution < -0.4 is 0 Å². The van der Waals surface area contributed by atoms with Gasteiger partial charge < -0.3 is 9.80 Å². The van der Waals surface area contributed by atoms with E-state index in [-0.39, 0.29) is 11.9 Å². The van der Waals surface area contributed by atoms with E-state index < -0.39 is 0 Å². The van der Waals surface area contributed by atoms with Crippen molar-refractivity contribution >= 4 is 49.1 Å². The van der Waals surface area contributed by atoms with E-state index in [0.717, 1.165) is 39.2 Å². The fraction of sp³-hybridized carbons (Fsp3) is 0.583. The maximum absolute atomic E-state index is 12.5. The lowest BCUT2D eigenvalue weighted by molar-refractivity contribution is 0.0701. The number of amides is 1. The molecular weight excluding hydrogens is 380 g/mol. The summed E-state index contributed by atoms with van der Waals surface area (Å²) in [7, 11) is 2.11. The number of thiophene rings is 1. The monoisotopic (exact) mass is 394 g/mol. The molecule has 1 aromatic heterocycles. The predicted octanol–water partition coefficient (Wildman–Crippen LogP) is 3.44. The number of carbonyl (C=O) groups is 1. The molecule has 0 spiro atoms. The van der Waals surface area contributed by atoms with E-state index in [1.54, 1.807) is 0 Å². The minimum absolute atomic E-state index is 0.147. The van der Waals surface area contributed by atoms with Gasteiger partial charge in [-0.15, -0.1) is 11.3 Å². The molecule has 1 saturated heterocycles. The number of rotatable bonds is 1. The third-order valence-corrected chi connectivity index (χ3v) is 6.41. The molecule has 1 atom stereocenters. The number of hydrogen-bond acceptors (Lipinski definition) is 3. The quantitative estimate of drug-likeness (QED) is 0.727. The highest BCUT2D eigenvalue weighted by Crippen LogP contribution is 2.33. The molecule has 2 heterocycles. The summed E-state index contributed by atoms with van der Waals surface area (Å²) < 4.78 is 1.93. The standard InChI is InChI=1S/C12H16Br2N2OS/c1-8-7-15(2)4-3-5-16(8)12(17)10-6-9(13)11(14)18-10/h6,8H,3-5,7H2,1-2H3. The van der Waals surface area contributed by atoms with Crippen molar-refractivity contribution in [2.45, 2.75) is 19.4 Å². The normalized spacial score (nSPS) is 22.0. The summed E-state index contributed by atoms with van der Waals surface area (Å²) >= 11 is 8.36. The second kappa shape index (κ2) is 6.03. The minimum Gasteiger partial charge on any atom is -0.334 e. The van der Waals surface area contributed by atoms with Crippen molar-refractivity contribution in [1.82, 2.24) is 9.80 Å². The summed E-state index contributed by atoms with van der Waals surface area (Å²) in [6.07, 6.45) is 1.04. The first-order valence-electron chi connectivity index (χ1n) is 5.93. The number of carbonyl (C=O) groups excluding carboxylic acids is 1. The zero-order chi connectivity index (χ0) is 13.3. The van der Waals surface area contributed by atoms with E-state index in [2.05, 4.69) is 50.7 Å². The number of likely N-dealkylation sites (N-methyl/N-ethyl adjacent to an activating group) is 1. The maximum atomic E-state index is 12.5. The molecule has 6 heteroatoms. The Morgan fingerprint density at radius 3 is 2.78 bits per heavy atom. The average molecular weight is 396 g/mol. The number of nitrogens with zero attached hydrogens (tertiary/aromatic N) is 2. The Morgan fingerprint density at radius 2 is 2.17 bits per heavy atom. The second-order valence-electron chi connectivity index (χ2n) is 4.70. The summed E-state index contributed by atoms with van der Waals surface area (Å²) in [5.41, 5.74) is 0. The van der Waals surface area contributed by atoms with Crippen LogP contribution in [-0.2, 0) is 0 Å². The second-order valence-corrected chi connectivity index (χ2v) is 7.92. The predicted molar refractivity (Wildman–Crippen MR) is 82.3 cm³/mol. The van der Waals surface area contributed by atoms with Crippen LogP contribution in [0.5, 0.6) is 0 Å². The first kappa shape index (κ1) is 14.5. The SMILES string of the molecule is CC1CN(C)CCCN1C(=O)c1cc(Br)c(Br)s1. The highest BCUT2D eigenvalue weighted by Gasteiger charge is 2.26. The minimum atomic E-state index is 0.147. The van der Waals surface area contributed by atoms with Gasteiger partial charge in [0.1, 0.15) is 0 Å². The molecule has 0 saturated carbocycles. The third kappa shape index (κ3) is 3.15. The van der Waals surface area contributed by atoms with Crippen LogP contribution in [0.1, 0.15) is 23.0 Å². The van der Waals surface area contributed by atoms with E-state index in [1.807, 2.05) is 11.0 Å². The van der Waals surface area contributed by atoms with Crippen LogP contribution in [-0.4, -0.2) is 48.4 Å². The Hall–Kier alpha value is 0.0900. The van der Waals surface area contributed by atoms with Crippen LogP contribution in [0.25, 0.3) is 0 Å². The van der Waals surface area contributed by atoms with E-state index in [9.17, 15) is 4.79 Å². The van der Waals surface area contributed by atoms with E-state index >= 15 is 0 Å². The van der Waals surface area contributed by atoms with Gasteiger partial charge >= 0.3 is 0 Å². The van der Waals surface area contributed by atoms with Gasteiger partial charge in [-0.3, -0.25) is 4.79 Å². The van der Waals surface area contributed by atoms with Gasteiger partial charge in [-0.25, -0.2) is 0 Å². The molecule has 1 fully saturated rings. The Bertz CT molecular complexity index is 430. The maximum Gasteiger partial charge on any atom is 0.264 e. The molecule has 0 bridgehead atoms. The summed E-state index contributed by atoms with van der Waals surface area (Å²) in [6.45, 7) is 4.97. The van der Waals surface area contributed by atoms with Gasteiger partial charge in [-0.2, -0.15) is 0 Å². The van der Waals surface area contributed by atoms with Crippen molar-refractivity contribution in [1.29, 1.82) is 0 Å². The van der Waals surface area contributed by atoms with Crippen molar-refractivity contribution < 1.29 is 4.79 Å². The lowest BCUT2D eigenvalue weighted by Gasteiger charge is -2.27. The highest BCUT2D eigenvalue weighted by atomic mass is 79.9. The van der Waals surface area contributed by atoms with Crippen molar-refractivity contribution in [3.8, 4) is 0 Å². The molecule has 0 aliphatic carbocycles. The first-order valence-corrected chi connectivity index (χ1v) is 8.33. The molecule has 1 aliphatic rings.